The summed E-state index contributed by atoms with van der Waals surface area (Å²) in [5.41, 5.74) is 3.43. The number of aliphatic hydroxyl groups is 1. The molecule has 0 aliphatic carbocycles. The summed E-state index contributed by atoms with van der Waals surface area (Å²) in [6.07, 6.45) is -0.931. The van der Waals surface area contributed by atoms with Crippen molar-refractivity contribution in [2.75, 3.05) is 0 Å². The number of benzene rings is 1. The minimum Gasteiger partial charge on any atom is -0.383 e. The van der Waals surface area contributed by atoms with E-state index < -0.39 is 12.0 Å². The van der Waals surface area contributed by atoms with Crippen LogP contribution in [0.15, 0.2) is 29.4 Å². The number of hydrogen-bond donors (Lipinski definition) is 2. The van der Waals surface area contributed by atoms with Gasteiger partial charge in [-0.25, -0.2) is 9.82 Å². The maximum atomic E-state index is 12.6. The molecule has 15 heavy (non-hydrogen) atoms. The molecule has 2 rings (SSSR count). The summed E-state index contributed by atoms with van der Waals surface area (Å²) in [4.78, 5) is 10.9. The zero-order valence-corrected chi connectivity index (χ0v) is 7.77. The van der Waals surface area contributed by atoms with E-state index >= 15 is 0 Å². The number of aliphatic hydroxyl groups excluding tert-OH is 1. The lowest BCUT2D eigenvalue weighted by atomic mass is 10.0. The van der Waals surface area contributed by atoms with Gasteiger partial charge in [0.1, 0.15) is 11.9 Å². The summed E-state index contributed by atoms with van der Waals surface area (Å²) in [7, 11) is 0. The molecule has 5 heteroatoms. The summed E-state index contributed by atoms with van der Waals surface area (Å²) in [6, 6.07) is 5.72. The second kappa shape index (κ2) is 3.78. The molecule has 0 aromatic heterocycles. The smallest absolute Gasteiger partial charge is 0.269 e. The van der Waals surface area contributed by atoms with Crippen LogP contribution in [-0.4, -0.2) is 22.8 Å². The van der Waals surface area contributed by atoms with E-state index in [0.29, 0.717) is 11.3 Å². The lowest BCUT2D eigenvalue weighted by Crippen LogP contribution is -2.38. The highest BCUT2D eigenvalue weighted by Crippen LogP contribution is 2.11. The standard InChI is InChI=1S/C10H9FN2O2/c11-7-3-1-6(2-4-7)8-5-9(14)10(15)13-12-8/h1-4,9,14H,5H2,(H,13,15). The molecule has 0 radical (unpaired) electrons. The minimum atomic E-state index is -1.08. The molecule has 4 nitrogen and oxygen atoms in total. The molecule has 1 aliphatic rings. The van der Waals surface area contributed by atoms with Gasteiger partial charge in [-0.1, -0.05) is 12.1 Å². The number of nitrogens with one attached hydrogen (secondary N) is 1. The van der Waals surface area contributed by atoms with Gasteiger partial charge in [-0.3, -0.25) is 4.79 Å². The summed E-state index contributed by atoms with van der Waals surface area (Å²) in [5.74, 6) is -0.847. The Hall–Kier alpha value is -1.75. The predicted molar refractivity (Wildman–Crippen MR) is 51.7 cm³/mol. The van der Waals surface area contributed by atoms with Gasteiger partial charge in [0.05, 0.1) is 5.71 Å². The first-order valence-electron chi connectivity index (χ1n) is 4.47. The molecule has 0 bridgehead atoms. The minimum absolute atomic E-state index is 0.150. The van der Waals surface area contributed by atoms with Crippen molar-refractivity contribution in [2.45, 2.75) is 12.5 Å². The molecule has 1 atom stereocenters. The summed E-state index contributed by atoms with van der Waals surface area (Å²) in [6.45, 7) is 0. The van der Waals surface area contributed by atoms with E-state index in [1.165, 1.54) is 12.1 Å². The fourth-order valence-corrected chi connectivity index (χ4v) is 1.34. The number of hydrazone groups is 1. The third-order valence-electron chi connectivity index (χ3n) is 2.17. The highest BCUT2D eigenvalue weighted by atomic mass is 19.1. The molecule has 0 saturated heterocycles. The van der Waals surface area contributed by atoms with Crippen molar-refractivity contribution in [1.82, 2.24) is 5.43 Å². The van der Waals surface area contributed by atoms with Crippen molar-refractivity contribution in [2.24, 2.45) is 5.10 Å². The highest BCUT2D eigenvalue weighted by Gasteiger charge is 2.22. The van der Waals surface area contributed by atoms with Gasteiger partial charge in [0, 0.05) is 6.42 Å². The zero-order valence-electron chi connectivity index (χ0n) is 7.77. The van der Waals surface area contributed by atoms with Gasteiger partial charge >= 0.3 is 0 Å². The van der Waals surface area contributed by atoms with E-state index in [4.69, 9.17) is 0 Å². The van der Waals surface area contributed by atoms with E-state index in [-0.39, 0.29) is 12.2 Å². The topological polar surface area (TPSA) is 61.7 Å². The first-order chi connectivity index (χ1) is 7.16. The van der Waals surface area contributed by atoms with Gasteiger partial charge in [0.25, 0.3) is 5.91 Å². The molecule has 1 aromatic rings. The lowest BCUT2D eigenvalue weighted by molar-refractivity contribution is -0.129. The van der Waals surface area contributed by atoms with Crippen molar-refractivity contribution in [1.29, 1.82) is 0 Å². The molecule has 1 amide bonds. The first-order valence-corrected chi connectivity index (χ1v) is 4.47. The third-order valence-corrected chi connectivity index (χ3v) is 2.17. The van der Waals surface area contributed by atoms with Crippen molar-refractivity contribution in [3.05, 3.63) is 35.6 Å². The maximum Gasteiger partial charge on any atom is 0.269 e. The Kier molecular flexibility index (Phi) is 2.47. The third kappa shape index (κ3) is 2.02. The number of rotatable bonds is 1. The molecular weight excluding hydrogens is 199 g/mol. The van der Waals surface area contributed by atoms with E-state index in [0.717, 1.165) is 0 Å². The van der Waals surface area contributed by atoms with Gasteiger partial charge < -0.3 is 5.11 Å². The number of amides is 1. The van der Waals surface area contributed by atoms with Gasteiger partial charge in [-0.05, 0) is 17.7 Å². The molecular formula is C10H9FN2O2. The van der Waals surface area contributed by atoms with Crippen molar-refractivity contribution < 1.29 is 14.3 Å². The van der Waals surface area contributed by atoms with E-state index in [1.54, 1.807) is 12.1 Å². The second-order valence-electron chi connectivity index (χ2n) is 3.26. The van der Waals surface area contributed by atoms with E-state index in [1.807, 2.05) is 0 Å². The monoisotopic (exact) mass is 208 g/mol. The highest BCUT2D eigenvalue weighted by molar-refractivity contribution is 6.05. The molecule has 1 aliphatic heterocycles. The number of nitrogens with zero attached hydrogens (tertiary/aromatic N) is 1. The Labute approximate surface area is 85.4 Å². The fraction of sp³-hybridized carbons (Fsp3) is 0.200. The Bertz CT molecular complexity index is 414. The van der Waals surface area contributed by atoms with Crippen LogP contribution in [0.1, 0.15) is 12.0 Å². The van der Waals surface area contributed by atoms with E-state index in [9.17, 15) is 14.3 Å². The van der Waals surface area contributed by atoms with Crippen LogP contribution < -0.4 is 5.43 Å². The average Bonchev–Trinajstić information content (AvgIpc) is 2.23. The molecule has 78 valence electrons. The van der Waals surface area contributed by atoms with Gasteiger partial charge in [0.15, 0.2) is 0 Å². The van der Waals surface area contributed by atoms with Crippen molar-refractivity contribution >= 4 is 11.6 Å². The maximum absolute atomic E-state index is 12.6. The van der Waals surface area contributed by atoms with Crippen molar-refractivity contribution in [3.8, 4) is 0 Å². The molecule has 1 heterocycles. The number of carbonyl (C=O) groups excluding carboxylic acids is 1. The van der Waals surface area contributed by atoms with Crippen LogP contribution in [0, 0.1) is 5.82 Å². The van der Waals surface area contributed by atoms with Gasteiger partial charge in [0.2, 0.25) is 0 Å². The van der Waals surface area contributed by atoms with Crippen LogP contribution in [0.3, 0.4) is 0 Å². The Morgan fingerprint density at radius 2 is 2.07 bits per heavy atom. The number of halogens is 1. The molecule has 1 unspecified atom stereocenters. The van der Waals surface area contributed by atoms with Crippen LogP contribution in [0.4, 0.5) is 4.39 Å². The van der Waals surface area contributed by atoms with Crippen molar-refractivity contribution in [3.63, 3.8) is 0 Å². The number of hydrogen-bond acceptors (Lipinski definition) is 3. The normalized spacial score (nSPS) is 20.8. The molecule has 0 fully saturated rings. The fourth-order valence-electron chi connectivity index (χ4n) is 1.34. The SMILES string of the molecule is O=C1NN=C(c2ccc(F)cc2)CC1O. The number of carbonyl (C=O) groups is 1. The average molecular weight is 208 g/mol. The van der Waals surface area contributed by atoms with Crippen LogP contribution in [0.5, 0.6) is 0 Å². The van der Waals surface area contributed by atoms with E-state index in [2.05, 4.69) is 10.5 Å². The molecule has 1 aromatic carbocycles. The summed E-state index contributed by atoms with van der Waals surface area (Å²) >= 11 is 0. The summed E-state index contributed by atoms with van der Waals surface area (Å²) in [5, 5.41) is 13.1. The molecule has 2 N–H and O–H groups in total. The zero-order chi connectivity index (χ0) is 10.8. The molecule has 0 saturated carbocycles. The van der Waals surface area contributed by atoms with Crippen LogP contribution in [0.2, 0.25) is 0 Å². The quantitative estimate of drug-likeness (QED) is 0.702. The molecule has 0 spiro atoms. The Balaban J connectivity index is 2.25. The largest absolute Gasteiger partial charge is 0.383 e. The Morgan fingerprint density at radius 1 is 1.40 bits per heavy atom. The van der Waals surface area contributed by atoms with Gasteiger partial charge in [-0.2, -0.15) is 5.10 Å². The van der Waals surface area contributed by atoms with Crippen LogP contribution >= 0.6 is 0 Å². The second-order valence-corrected chi connectivity index (χ2v) is 3.26. The first kappa shape index (κ1) is 9.79. The lowest BCUT2D eigenvalue weighted by Gasteiger charge is -2.16. The van der Waals surface area contributed by atoms with Crippen LogP contribution in [-0.2, 0) is 4.79 Å². The predicted octanol–water partition coefficient (Wildman–Crippen LogP) is 0.411. The Morgan fingerprint density at radius 3 is 2.67 bits per heavy atom. The van der Waals surface area contributed by atoms with Crippen LogP contribution in [0.25, 0.3) is 0 Å². The van der Waals surface area contributed by atoms with Gasteiger partial charge in [-0.15, -0.1) is 0 Å². The summed E-state index contributed by atoms with van der Waals surface area (Å²) < 4.78 is 12.6.